The fourth-order valence-corrected chi connectivity index (χ4v) is 4.48. The van der Waals surface area contributed by atoms with Crippen LogP contribution in [0.15, 0.2) is 59.9 Å². The van der Waals surface area contributed by atoms with Crippen LogP contribution in [-0.2, 0) is 11.2 Å². The molecule has 32 heavy (non-hydrogen) atoms. The van der Waals surface area contributed by atoms with Gasteiger partial charge in [0.1, 0.15) is 11.4 Å². The van der Waals surface area contributed by atoms with Gasteiger partial charge in [-0.25, -0.2) is 8.78 Å². The van der Waals surface area contributed by atoms with Gasteiger partial charge < -0.3 is 20.3 Å². The molecule has 0 aromatic heterocycles. The maximum absolute atomic E-state index is 13.8. The van der Waals surface area contributed by atoms with Crippen molar-refractivity contribution in [2.45, 2.75) is 24.5 Å². The van der Waals surface area contributed by atoms with Crippen LogP contribution in [0.4, 0.5) is 14.5 Å². The SMILES string of the molecule is O=C1CCc2cc([C@@H](O)CN3CC4=CC(Oc5c(F)cccc5F)=C[C@@]4(O)C3)ccc2N1. The largest absolute Gasteiger partial charge is 0.451 e. The number of aliphatic hydroxyl groups excluding tert-OH is 1. The Kier molecular flexibility index (Phi) is 5.08. The number of rotatable bonds is 5. The van der Waals surface area contributed by atoms with E-state index >= 15 is 0 Å². The fraction of sp³-hybridized carbons (Fsp3) is 0.292. The highest BCUT2D eigenvalue weighted by Gasteiger charge is 2.43. The van der Waals surface area contributed by atoms with E-state index in [1.165, 1.54) is 12.1 Å². The topological polar surface area (TPSA) is 82.0 Å². The fourth-order valence-electron chi connectivity index (χ4n) is 4.48. The molecule has 2 aliphatic heterocycles. The molecule has 2 heterocycles. The molecule has 5 rings (SSSR count). The van der Waals surface area contributed by atoms with Crippen LogP contribution in [0.25, 0.3) is 0 Å². The molecule has 166 valence electrons. The zero-order chi connectivity index (χ0) is 22.5. The van der Waals surface area contributed by atoms with Crippen molar-refractivity contribution < 1.29 is 28.5 Å². The van der Waals surface area contributed by atoms with Crippen molar-refractivity contribution in [2.75, 3.05) is 25.0 Å². The highest BCUT2D eigenvalue weighted by atomic mass is 19.1. The number of nitrogens with zero attached hydrogens (tertiary/aromatic N) is 1. The number of halogens is 2. The van der Waals surface area contributed by atoms with Crippen LogP contribution in [0.2, 0.25) is 0 Å². The summed E-state index contributed by atoms with van der Waals surface area (Å²) < 4.78 is 33.1. The van der Waals surface area contributed by atoms with E-state index < -0.39 is 29.1 Å². The minimum absolute atomic E-state index is 0.00920. The van der Waals surface area contributed by atoms with Gasteiger partial charge in [-0.15, -0.1) is 0 Å². The first kappa shape index (κ1) is 20.8. The van der Waals surface area contributed by atoms with Crippen LogP contribution in [0, 0.1) is 11.6 Å². The summed E-state index contributed by atoms with van der Waals surface area (Å²) in [6.07, 6.45) is 3.32. The molecule has 3 aliphatic rings. The smallest absolute Gasteiger partial charge is 0.224 e. The minimum Gasteiger partial charge on any atom is -0.451 e. The molecule has 1 fully saturated rings. The summed E-state index contributed by atoms with van der Waals surface area (Å²) in [4.78, 5) is 13.4. The van der Waals surface area contributed by atoms with Crippen LogP contribution in [-0.4, -0.2) is 46.3 Å². The number of hydrogen-bond donors (Lipinski definition) is 3. The summed E-state index contributed by atoms with van der Waals surface area (Å²) in [5.74, 6) is -1.96. The molecule has 0 bridgehead atoms. The average Bonchev–Trinajstić information content (AvgIpc) is 3.20. The number of para-hydroxylation sites is 1. The summed E-state index contributed by atoms with van der Waals surface area (Å²) in [7, 11) is 0. The standard InChI is InChI=1S/C24H22F2N2O4/c25-18-2-1-3-19(26)23(18)32-17-9-16-11-28(13-24(16,31)10-17)12-21(29)15-4-6-20-14(8-15)5-7-22(30)27-20/h1-4,6,8-10,21,29,31H,5,7,11-13H2,(H,27,30)/t21-,24+/m0/s1. The highest BCUT2D eigenvalue weighted by molar-refractivity contribution is 5.93. The quantitative estimate of drug-likeness (QED) is 0.666. The number of aliphatic hydroxyl groups is 2. The summed E-state index contributed by atoms with van der Waals surface area (Å²) in [5, 5.41) is 24.5. The number of carbonyl (C=O) groups excluding carboxylic acids is 1. The molecule has 0 spiro atoms. The molecule has 2 aromatic rings. The maximum atomic E-state index is 13.8. The van der Waals surface area contributed by atoms with E-state index in [0.717, 1.165) is 28.9 Å². The van der Waals surface area contributed by atoms with Gasteiger partial charge in [0.25, 0.3) is 0 Å². The lowest BCUT2D eigenvalue weighted by Crippen LogP contribution is -2.33. The second kappa shape index (κ2) is 7.81. The Bertz CT molecular complexity index is 1140. The first-order valence-electron chi connectivity index (χ1n) is 10.4. The number of nitrogens with one attached hydrogen (secondary N) is 1. The van der Waals surface area contributed by atoms with E-state index in [9.17, 15) is 23.8 Å². The zero-order valence-electron chi connectivity index (χ0n) is 17.1. The number of benzene rings is 2. The molecule has 2 aromatic carbocycles. The highest BCUT2D eigenvalue weighted by Crippen LogP contribution is 2.38. The van der Waals surface area contributed by atoms with Gasteiger partial charge in [-0.1, -0.05) is 18.2 Å². The van der Waals surface area contributed by atoms with Crippen molar-refractivity contribution in [3.05, 3.63) is 82.6 Å². The minimum atomic E-state index is -1.31. The van der Waals surface area contributed by atoms with E-state index in [4.69, 9.17) is 4.74 Å². The van der Waals surface area contributed by atoms with Gasteiger partial charge in [-0.3, -0.25) is 9.69 Å². The van der Waals surface area contributed by atoms with Crippen LogP contribution in [0.1, 0.15) is 23.7 Å². The Balaban J connectivity index is 1.25. The molecule has 0 saturated carbocycles. The molecular formula is C24H22F2N2O4. The van der Waals surface area contributed by atoms with Crippen molar-refractivity contribution in [3.63, 3.8) is 0 Å². The van der Waals surface area contributed by atoms with Gasteiger partial charge >= 0.3 is 0 Å². The Morgan fingerprint density at radius 3 is 2.72 bits per heavy atom. The summed E-state index contributed by atoms with van der Waals surface area (Å²) in [5.41, 5.74) is 1.84. The maximum Gasteiger partial charge on any atom is 0.224 e. The number of ether oxygens (including phenoxy) is 1. The van der Waals surface area contributed by atoms with Gasteiger partial charge in [0.2, 0.25) is 5.91 Å². The molecule has 1 amide bonds. The Morgan fingerprint density at radius 1 is 1.19 bits per heavy atom. The van der Waals surface area contributed by atoms with Gasteiger partial charge in [0.05, 0.1) is 6.10 Å². The number of fused-ring (bicyclic) bond motifs is 2. The second-order valence-corrected chi connectivity index (χ2v) is 8.44. The summed E-state index contributed by atoms with van der Waals surface area (Å²) >= 11 is 0. The normalized spacial score (nSPS) is 23.2. The number of carbonyl (C=O) groups is 1. The van der Waals surface area contributed by atoms with E-state index in [0.29, 0.717) is 31.5 Å². The van der Waals surface area contributed by atoms with Crippen LogP contribution in [0.3, 0.4) is 0 Å². The first-order valence-corrected chi connectivity index (χ1v) is 10.4. The van der Waals surface area contributed by atoms with E-state index in [1.807, 2.05) is 11.0 Å². The third-order valence-corrected chi connectivity index (χ3v) is 6.09. The third-order valence-electron chi connectivity index (χ3n) is 6.09. The lowest BCUT2D eigenvalue weighted by molar-refractivity contribution is -0.116. The lowest BCUT2D eigenvalue weighted by Gasteiger charge is -2.23. The van der Waals surface area contributed by atoms with Crippen molar-refractivity contribution in [3.8, 4) is 5.75 Å². The Labute approximate surface area is 183 Å². The molecule has 0 unspecified atom stereocenters. The van der Waals surface area contributed by atoms with Crippen LogP contribution < -0.4 is 10.1 Å². The number of allylic oxidation sites excluding steroid dienone is 1. The number of β-amino-alcohol motifs (C(OH)–C–C–N with tert-alkyl or cyclic N) is 2. The number of anilines is 1. The molecule has 3 N–H and O–H groups in total. The summed E-state index contributed by atoms with van der Waals surface area (Å²) in [6, 6.07) is 8.95. The van der Waals surface area contributed by atoms with E-state index in [-0.39, 0.29) is 18.2 Å². The molecule has 0 radical (unpaired) electrons. The average molecular weight is 440 g/mol. The van der Waals surface area contributed by atoms with Gasteiger partial charge in [-0.05, 0) is 53.5 Å². The van der Waals surface area contributed by atoms with E-state index in [2.05, 4.69) is 5.32 Å². The van der Waals surface area contributed by atoms with Crippen molar-refractivity contribution >= 4 is 11.6 Å². The van der Waals surface area contributed by atoms with Gasteiger partial charge in [0, 0.05) is 31.7 Å². The number of likely N-dealkylation sites (tertiary alicyclic amines) is 1. The molecule has 8 heteroatoms. The predicted octanol–water partition coefficient (Wildman–Crippen LogP) is 2.83. The van der Waals surface area contributed by atoms with Crippen molar-refractivity contribution in [1.29, 1.82) is 0 Å². The van der Waals surface area contributed by atoms with Gasteiger partial charge in [0.15, 0.2) is 17.4 Å². The number of hydrogen-bond acceptors (Lipinski definition) is 5. The van der Waals surface area contributed by atoms with Crippen LogP contribution in [0.5, 0.6) is 5.75 Å². The second-order valence-electron chi connectivity index (χ2n) is 8.44. The monoisotopic (exact) mass is 440 g/mol. The predicted molar refractivity (Wildman–Crippen MR) is 113 cm³/mol. The number of aryl methyl sites for hydroxylation is 1. The number of amides is 1. The van der Waals surface area contributed by atoms with Crippen molar-refractivity contribution in [1.82, 2.24) is 4.90 Å². The van der Waals surface area contributed by atoms with Gasteiger partial charge in [-0.2, -0.15) is 0 Å². The molecule has 6 nitrogen and oxygen atoms in total. The molecule has 1 saturated heterocycles. The van der Waals surface area contributed by atoms with Crippen LogP contribution >= 0.6 is 0 Å². The Hall–Kier alpha value is -3.07. The molecule has 1 aliphatic carbocycles. The lowest BCUT2D eigenvalue weighted by atomic mass is 9.98. The molecule has 2 atom stereocenters. The molecular weight excluding hydrogens is 418 g/mol. The van der Waals surface area contributed by atoms with E-state index in [1.54, 1.807) is 18.2 Å². The first-order chi connectivity index (χ1) is 15.3. The Morgan fingerprint density at radius 2 is 1.97 bits per heavy atom. The third kappa shape index (κ3) is 3.81. The summed E-state index contributed by atoms with van der Waals surface area (Å²) in [6.45, 7) is 0.915. The van der Waals surface area contributed by atoms with Crippen molar-refractivity contribution in [2.24, 2.45) is 0 Å². The zero-order valence-corrected chi connectivity index (χ0v) is 17.1.